The Morgan fingerprint density at radius 3 is 2.62 bits per heavy atom. The second-order valence-corrected chi connectivity index (χ2v) is 9.23. The molecule has 2 aromatic carbocycles. The number of benzene rings is 2. The summed E-state index contributed by atoms with van der Waals surface area (Å²) in [5.74, 6) is 0.0104. The number of nitrogens with one attached hydrogen (secondary N) is 1. The number of halogens is 1. The molecular formula is C23H19ClN2O5S. The Labute approximate surface area is 189 Å². The lowest BCUT2D eigenvalue weighted by molar-refractivity contribution is 0.0925. The number of carbonyl (C=O) groups excluding carboxylic acids is 1. The molecule has 1 N–H and O–H groups in total. The number of hydrogen-bond donors (Lipinski definition) is 1. The molecule has 0 saturated carbocycles. The van der Waals surface area contributed by atoms with Crippen molar-refractivity contribution in [2.75, 3.05) is 6.61 Å². The number of carbonyl (C=O) groups is 1. The maximum Gasteiger partial charge on any atom is 0.287 e. The lowest BCUT2D eigenvalue weighted by Crippen LogP contribution is -2.22. The van der Waals surface area contributed by atoms with Crippen molar-refractivity contribution in [2.24, 2.45) is 0 Å². The van der Waals surface area contributed by atoms with Gasteiger partial charge in [-0.05, 0) is 48.9 Å². The first-order chi connectivity index (χ1) is 15.4. The fraction of sp³-hybridized carbons (Fsp3) is 0.130. The summed E-state index contributed by atoms with van der Waals surface area (Å²) < 4.78 is 37.1. The van der Waals surface area contributed by atoms with Crippen molar-refractivity contribution in [3.05, 3.63) is 83.3 Å². The standard InChI is InChI=1S/C23H19ClN2O5S/c1-2-30-19-12-17(24)5-8-22(19)32(28,29)18-6-3-15(4-7-18)13-26-23(27)20-11-16-9-10-25-14-21(16)31-20/h3-12,14H,2,13H2,1H3,(H,26,27). The van der Waals surface area contributed by atoms with Gasteiger partial charge < -0.3 is 14.5 Å². The lowest BCUT2D eigenvalue weighted by atomic mass is 10.2. The molecule has 0 unspecified atom stereocenters. The van der Waals surface area contributed by atoms with Crippen LogP contribution in [0.2, 0.25) is 5.02 Å². The van der Waals surface area contributed by atoms with Crippen molar-refractivity contribution >= 4 is 38.3 Å². The molecule has 4 aromatic rings. The van der Waals surface area contributed by atoms with Crippen molar-refractivity contribution in [1.82, 2.24) is 10.3 Å². The molecular weight excluding hydrogens is 452 g/mol. The highest BCUT2D eigenvalue weighted by Gasteiger charge is 2.22. The maximum absolute atomic E-state index is 13.1. The summed E-state index contributed by atoms with van der Waals surface area (Å²) >= 11 is 5.98. The molecule has 0 atom stereocenters. The van der Waals surface area contributed by atoms with Crippen LogP contribution >= 0.6 is 11.6 Å². The minimum atomic E-state index is -3.81. The highest BCUT2D eigenvalue weighted by Crippen LogP contribution is 2.32. The Bertz CT molecular complexity index is 1350. The third-order valence-electron chi connectivity index (χ3n) is 4.73. The van der Waals surface area contributed by atoms with Crippen LogP contribution in [0.3, 0.4) is 0 Å². The number of fused-ring (bicyclic) bond motifs is 1. The molecule has 0 aliphatic heterocycles. The van der Waals surface area contributed by atoms with E-state index in [-0.39, 0.29) is 33.8 Å². The Hall–Kier alpha value is -3.36. The normalized spacial score (nSPS) is 11.4. The number of sulfone groups is 1. The summed E-state index contributed by atoms with van der Waals surface area (Å²) in [6, 6.07) is 14.1. The predicted molar refractivity (Wildman–Crippen MR) is 120 cm³/mol. The van der Waals surface area contributed by atoms with E-state index < -0.39 is 9.84 Å². The highest BCUT2D eigenvalue weighted by molar-refractivity contribution is 7.91. The van der Waals surface area contributed by atoms with Gasteiger partial charge in [-0.15, -0.1) is 0 Å². The average molecular weight is 471 g/mol. The number of hydrogen-bond acceptors (Lipinski definition) is 6. The number of ether oxygens (including phenoxy) is 1. The fourth-order valence-electron chi connectivity index (χ4n) is 3.15. The lowest BCUT2D eigenvalue weighted by Gasteiger charge is -2.12. The Morgan fingerprint density at radius 2 is 1.91 bits per heavy atom. The zero-order valence-corrected chi connectivity index (χ0v) is 18.6. The fourth-order valence-corrected chi connectivity index (χ4v) is 4.69. The van der Waals surface area contributed by atoms with E-state index in [2.05, 4.69) is 10.3 Å². The van der Waals surface area contributed by atoms with Crippen molar-refractivity contribution in [1.29, 1.82) is 0 Å². The number of nitrogens with zero attached hydrogens (tertiary/aromatic N) is 1. The molecule has 0 bridgehead atoms. The summed E-state index contributed by atoms with van der Waals surface area (Å²) in [6.07, 6.45) is 3.17. The third kappa shape index (κ3) is 4.46. The Balaban J connectivity index is 1.48. The third-order valence-corrected chi connectivity index (χ3v) is 6.77. The molecule has 9 heteroatoms. The van der Waals surface area contributed by atoms with E-state index in [1.807, 2.05) is 0 Å². The quantitative estimate of drug-likeness (QED) is 0.422. The van der Waals surface area contributed by atoms with E-state index in [0.717, 1.165) is 10.9 Å². The van der Waals surface area contributed by atoms with Crippen LogP contribution in [0.25, 0.3) is 11.0 Å². The molecule has 0 radical (unpaired) electrons. The molecule has 0 spiro atoms. The summed E-state index contributed by atoms with van der Waals surface area (Å²) in [5.41, 5.74) is 1.26. The maximum atomic E-state index is 13.1. The van der Waals surface area contributed by atoms with Gasteiger partial charge in [-0.25, -0.2) is 8.42 Å². The van der Waals surface area contributed by atoms with Gasteiger partial charge >= 0.3 is 0 Å². The predicted octanol–water partition coefficient (Wildman–Crippen LogP) is 4.64. The van der Waals surface area contributed by atoms with E-state index in [1.165, 1.54) is 30.3 Å². The van der Waals surface area contributed by atoms with Gasteiger partial charge in [0.15, 0.2) is 11.3 Å². The van der Waals surface area contributed by atoms with Crippen molar-refractivity contribution < 1.29 is 22.4 Å². The first-order valence-corrected chi connectivity index (χ1v) is 11.6. The number of furan rings is 1. The van der Waals surface area contributed by atoms with E-state index >= 15 is 0 Å². The molecule has 4 rings (SSSR count). The second kappa shape index (κ2) is 9.02. The number of rotatable bonds is 7. The molecule has 164 valence electrons. The zero-order chi connectivity index (χ0) is 22.7. The van der Waals surface area contributed by atoms with Gasteiger partial charge in [-0.2, -0.15) is 0 Å². The van der Waals surface area contributed by atoms with E-state index in [9.17, 15) is 13.2 Å². The van der Waals surface area contributed by atoms with E-state index in [0.29, 0.717) is 17.2 Å². The van der Waals surface area contributed by atoms with Crippen molar-refractivity contribution in [2.45, 2.75) is 23.3 Å². The number of amides is 1. The van der Waals surface area contributed by atoms with Gasteiger partial charge in [0, 0.05) is 29.2 Å². The molecule has 0 aliphatic carbocycles. The highest BCUT2D eigenvalue weighted by atomic mass is 35.5. The molecule has 0 saturated heterocycles. The average Bonchev–Trinajstić information content (AvgIpc) is 3.22. The van der Waals surface area contributed by atoms with Crippen LogP contribution in [-0.4, -0.2) is 25.9 Å². The molecule has 0 aliphatic rings. The van der Waals surface area contributed by atoms with Gasteiger partial charge in [-0.1, -0.05) is 23.7 Å². The van der Waals surface area contributed by atoms with E-state index in [1.54, 1.807) is 43.6 Å². The summed E-state index contributed by atoms with van der Waals surface area (Å²) in [5, 5.41) is 3.93. The van der Waals surface area contributed by atoms with Crippen molar-refractivity contribution in [3.63, 3.8) is 0 Å². The van der Waals surface area contributed by atoms with Crippen LogP contribution in [-0.2, 0) is 16.4 Å². The van der Waals surface area contributed by atoms with Crippen LogP contribution in [0.4, 0.5) is 0 Å². The van der Waals surface area contributed by atoms with Gasteiger partial charge in [0.05, 0.1) is 17.7 Å². The smallest absolute Gasteiger partial charge is 0.287 e. The second-order valence-electron chi connectivity index (χ2n) is 6.88. The van der Waals surface area contributed by atoms with Crippen LogP contribution < -0.4 is 10.1 Å². The van der Waals surface area contributed by atoms with Crippen LogP contribution in [0, 0.1) is 0 Å². The molecule has 7 nitrogen and oxygen atoms in total. The summed E-state index contributed by atoms with van der Waals surface area (Å²) in [6.45, 7) is 2.28. The van der Waals surface area contributed by atoms with Gasteiger partial charge in [0.25, 0.3) is 5.91 Å². The zero-order valence-electron chi connectivity index (χ0n) is 17.0. The Morgan fingerprint density at radius 1 is 1.12 bits per heavy atom. The SMILES string of the molecule is CCOc1cc(Cl)ccc1S(=O)(=O)c1ccc(CNC(=O)c2cc3ccncc3o2)cc1. The van der Waals surface area contributed by atoms with Crippen LogP contribution in [0.1, 0.15) is 23.0 Å². The van der Waals surface area contributed by atoms with E-state index in [4.69, 9.17) is 20.8 Å². The monoisotopic (exact) mass is 470 g/mol. The first kappa shape index (κ1) is 21.9. The molecule has 1 amide bonds. The number of aromatic nitrogens is 1. The Kier molecular flexibility index (Phi) is 6.16. The largest absolute Gasteiger partial charge is 0.492 e. The molecule has 0 fully saturated rings. The van der Waals surface area contributed by atoms with Gasteiger partial charge in [0.2, 0.25) is 9.84 Å². The summed E-state index contributed by atoms with van der Waals surface area (Å²) in [4.78, 5) is 16.5. The van der Waals surface area contributed by atoms with Crippen molar-refractivity contribution in [3.8, 4) is 5.75 Å². The summed E-state index contributed by atoms with van der Waals surface area (Å²) in [7, 11) is -3.81. The minimum Gasteiger partial charge on any atom is -0.492 e. The van der Waals surface area contributed by atoms with Gasteiger partial charge in [-0.3, -0.25) is 9.78 Å². The molecule has 32 heavy (non-hydrogen) atoms. The molecule has 2 heterocycles. The topological polar surface area (TPSA) is 98.5 Å². The van der Waals surface area contributed by atoms with Crippen LogP contribution in [0.15, 0.2) is 81.2 Å². The molecule has 2 aromatic heterocycles. The minimum absolute atomic E-state index is 0.0455. The number of pyridine rings is 1. The van der Waals surface area contributed by atoms with Gasteiger partial charge in [0.1, 0.15) is 10.6 Å². The first-order valence-electron chi connectivity index (χ1n) is 9.76. The van der Waals surface area contributed by atoms with Crippen LogP contribution in [0.5, 0.6) is 5.75 Å².